The number of carbonyl (C=O) groups excluding carboxylic acids is 2. The summed E-state index contributed by atoms with van der Waals surface area (Å²) >= 11 is 0. The van der Waals surface area contributed by atoms with Gasteiger partial charge in [0.15, 0.2) is 5.78 Å². The maximum Gasteiger partial charge on any atom is 0.308 e. The van der Waals surface area contributed by atoms with E-state index in [1.165, 1.54) is 24.3 Å². The Bertz CT molecular complexity index is 1340. The second kappa shape index (κ2) is 13.5. The van der Waals surface area contributed by atoms with Crippen LogP contribution in [0.15, 0.2) is 48.5 Å². The Morgan fingerprint density at radius 1 is 0.902 bits per heavy atom. The molecule has 0 radical (unpaired) electrons. The zero-order chi connectivity index (χ0) is 30.5. The monoisotopic (exact) mass is 569 g/mol. The molecular weight excluding hydrogens is 528 g/mol. The Balaban J connectivity index is 2.06. The molecule has 8 heteroatoms. The number of hydrogen-bond acceptors (Lipinski definition) is 5. The molecule has 3 rings (SSSR count). The van der Waals surface area contributed by atoms with Crippen LogP contribution in [0.3, 0.4) is 0 Å². The fourth-order valence-electron chi connectivity index (χ4n) is 5.10. The Hall–Kier alpha value is -3.36. The summed E-state index contributed by atoms with van der Waals surface area (Å²) in [7, 11) is 0. The second-order valence-electron chi connectivity index (χ2n) is 11.7. The van der Waals surface area contributed by atoms with Crippen LogP contribution in [0.5, 0.6) is 0 Å². The lowest BCUT2D eigenvalue weighted by Gasteiger charge is -2.22. The van der Waals surface area contributed by atoms with Crippen molar-refractivity contribution < 1.29 is 33.3 Å². The molecule has 0 aliphatic heterocycles. The number of hydrogen-bond donors (Lipinski definition) is 2. The van der Waals surface area contributed by atoms with E-state index in [0.29, 0.717) is 27.9 Å². The third-order valence-electron chi connectivity index (χ3n) is 6.75. The minimum Gasteiger partial charge on any atom is -0.460 e. The van der Waals surface area contributed by atoms with Gasteiger partial charge in [-0.25, -0.2) is 8.78 Å². The molecule has 0 aliphatic carbocycles. The van der Waals surface area contributed by atoms with Crippen molar-refractivity contribution in [1.29, 1.82) is 0 Å². The molecule has 6 nitrogen and oxygen atoms in total. The highest BCUT2D eigenvalue weighted by molar-refractivity contribution is 6.07. The number of aliphatic hydroxyl groups excluding tert-OH is 2. The van der Waals surface area contributed by atoms with Gasteiger partial charge < -0.3 is 19.5 Å². The van der Waals surface area contributed by atoms with Gasteiger partial charge in [-0.1, -0.05) is 32.9 Å². The second-order valence-corrected chi connectivity index (χ2v) is 11.7. The van der Waals surface area contributed by atoms with Gasteiger partial charge in [0.2, 0.25) is 0 Å². The van der Waals surface area contributed by atoms with Crippen molar-refractivity contribution in [3.05, 3.63) is 71.4 Å². The van der Waals surface area contributed by atoms with Crippen molar-refractivity contribution >= 4 is 11.8 Å². The molecule has 1 aromatic heterocycles. The summed E-state index contributed by atoms with van der Waals surface area (Å²) in [5.74, 6) is -1.53. The van der Waals surface area contributed by atoms with Gasteiger partial charge in [-0.05, 0) is 87.1 Å². The standard InChI is InChI=1S/C33H41F2NO5/c1-7-27(39)30-29(21-8-12-23(34)13-9-21)32(22-10-14-24(35)15-11-22)36(31(30)20(2)3)17-16-25(37)18-26(38)19-28(40)41-33(4,5)6/h8-15,20,25-26,37-38H,7,16-19H2,1-6H3. The van der Waals surface area contributed by atoms with Crippen LogP contribution in [-0.2, 0) is 16.1 Å². The van der Waals surface area contributed by atoms with Crippen molar-refractivity contribution in [3.63, 3.8) is 0 Å². The minimum absolute atomic E-state index is 0.0328. The quantitative estimate of drug-likeness (QED) is 0.180. The van der Waals surface area contributed by atoms with E-state index in [0.717, 1.165) is 5.69 Å². The maximum absolute atomic E-state index is 13.9. The van der Waals surface area contributed by atoms with E-state index >= 15 is 0 Å². The molecule has 0 bridgehead atoms. The maximum atomic E-state index is 13.9. The summed E-state index contributed by atoms with van der Waals surface area (Å²) in [6, 6.07) is 11.9. The van der Waals surface area contributed by atoms with E-state index in [2.05, 4.69) is 0 Å². The minimum atomic E-state index is -1.09. The first-order chi connectivity index (χ1) is 19.2. The van der Waals surface area contributed by atoms with Gasteiger partial charge in [0.25, 0.3) is 0 Å². The van der Waals surface area contributed by atoms with E-state index < -0.39 is 35.4 Å². The number of rotatable bonds is 12. The topological polar surface area (TPSA) is 88.8 Å². The summed E-state index contributed by atoms with van der Waals surface area (Å²) in [5.41, 5.74) is 3.22. The Morgan fingerprint density at radius 2 is 1.44 bits per heavy atom. The smallest absolute Gasteiger partial charge is 0.308 e. The molecule has 41 heavy (non-hydrogen) atoms. The fraction of sp³-hybridized carbons (Fsp3) is 0.455. The largest absolute Gasteiger partial charge is 0.460 e. The summed E-state index contributed by atoms with van der Waals surface area (Å²) in [4.78, 5) is 25.6. The van der Waals surface area contributed by atoms with Gasteiger partial charge in [0.05, 0.1) is 24.3 Å². The molecule has 222 valence electrons. The molecular formula is C33H41F2NO5. The first-order valence-corrected chi connectivity index (χ1v) is 14.1. The van der Waals surface area contributed by atoms with Crippen LogP contribution in [0.4, 0.5) is 8.78 Å². The number of nitrogens with zero attached hydrogens (tertiary/aromatic N) is 1. The third kappa shape index (κ3) is 8.33. The van der Waals surface area contributed by atoms with E-state index in [1.807, 2.05) is 18.4 Å². The number of ether oxygens (including phenoxy) is 1. The lowest BCUT2D eigenvalue weighted by Crippen LogP contribution is -2.28. The number of esters is 1. The summed E-state index contributed by atoms with van der Waals surface area (Å²) in [6.45, 7) is 11.2. The van der Waals surface area contributed by atoms with Gasteiger partial charge in [0, 0.05) is 29.8 Å². The fourth-order valence-corrected chi connectivity index (χ4v) is 5.10. The lowest BCUT2D eigenvalue weighted by molar-refractivity contribution is -0.157. The molecule has 0 aliphatic rings. The number of benzene rings is 2. The van der Waals surface area contributed by atoms with Gasteiger partial charge in [0.1, 0.15) is 17.2 Å². The van der Waals surface area contributed by atoms with Crippen molar-refractivity contribution in [2.24, 2.45) is 0 Å². The molecule has 2 aromatic carbocycles. The van der Waals surface area contributed by atoms with Crippen LogP contribution < -0.4 is 0 Å². The highest BCUT2D eigenvalue weighted by Gasteiger charge is 2.30. The molecule has 0 spiro atoms. The number of Topliss-reactive ketones (excluding diaryl/α,β-unsaturated/α-hetero) is 1. The normalized spacial score (nSPS) is 13.3. The molecule has 1 heterocycles. The summed E-state index contributed by atoms with van der Waals surface area (Å²) in [5, 5.41) is 21.3. The number of ketones is 1. The number of carbonyl (C=O) groups is 2. The zero-order valence-corrected chi connectivity index (χ0v) is 24.7. The van der Waals surface area contributed by atoms with Crippen LogP contribution >= 0.6 is 0 Å². The number of aliphatic hydroxyl groups is 2. The lowest BCUT2D eigenvalue weighted by atomic mass is 9.92. The third-order valence-corrected chi connectivity index (χ3v) is 6.75. The molecule has 0 saturated heterocycles. The van der Waals surface area contributed by atoms with Gasteiger partial charge in [-0.2, -0.15) is 0 Å². The highest BCUT2D eigenvalue weighted by Crippen LogP contribution is 2.43. The molecule has 0 fully saturated rings. The van der Waals surface area contributed by atoms with Crippen molar-refractivity contribution in [2.75, 3.05) is 0 Å². The SMILES string of the molecule is CCC(=O)c1c(-c2ccc(F)cc2)c(-c2ccc(F)cc2)n(CCC(O)CC(O)CC(=O)OC(C)(C)C)c1C(C)C. The van der Waals surface area contributed by atoms with E-state index in [9.17, 15) is 28.6 Å². The number of halogens is 2. The Kier molecular flexibility index (Phi) is 10.6. The average molecular weight is 570 g/mol. The highest BCUT2D eigenvalue weighted by atomic mass is 19.1. The zero-order valence-electron chi connectivity index (χ0n) is 24.7. The average Bonchev–Trinajstić information content (AvgIpc) is 3.22. The summed E-state index contributed by atoms with van der Waals surface area (Å²) < 4.78 is 35.1. The molecule has 3 aromatic rings. The van der Waals surface area contributed by atoms with Crippen molar-refractivity contribution in [3.8, 4) is 22.4 Å². The first kappa shape index (κ1) is 32.2. The summed E-state index contributed by atoms with van der Waals surface area (Å²) in [6.07, 6.45) is -1.83. The van der Waals surface area contributed by atoms with E-state index in [-0.39, 0.29) is 43.9 Å². The van der Waals surface area contributed by atoms with Gasteiger partial charge >= 0.3 is 5.97 Å². The first-order valence-electron chi connectivity index (χ1n) is 14.1. The van der Waals surface area contributed by atoms with Gasteiger partial charge in [-0.15, -0.1) is 0 Å². The van der Waals surface area contributed by atoms with Crippen LogP contribution in [0.1, 0.15) is 89.2 Å². The number of aromatic nitrogens is 1. The predicted molar refractivity (Wildman–Crippen MR) is 156 cm³/mol. The van der Waals surface area contributed by atoms with Crippen LogP contribution in [0, 0.1) is 11.6 Å². The molecule has 0 amide bonds. The van der Waals surface area contributed by atoms with Crippen molar-refractivity contribution in [1.82, 2.24) is 4.57 Å². The van der Waals surface area contributed by atoms with E-state index in [4.69, 9.17) is 4.74 Å². The predicted octanol–water partition coefficient (Wildman–Crippen LogP) is 7.05. The van der Waals surface area contributed by atoms with Crippen molar-refractivity contribution in [2.45, 2.75) is 97.5 Å². The van der Waals surface area contributed by atoms with Crippen LogP contribution in [-0.4, -0.2) is 44.3 Å². The molecule has 0 saturated carbocycles. The molecule has 2 unspecified atom stereocenters. The van der Waals surface area contributed by atoms with Crippen LogP contribution in [0.2, 0.25) is 0 Å². The Morgan fingerprint density at radius 3 is 1.93 bits per heavy atom. The van der Waals surface area contributed by atoms with Gasteiger partial charge in [-0.3, -0.25) is 9.59 Å². The molecule has 2 atom stereocenters. The molecule has 2 N–H and O–H groups in total. The van der Waals surface area contributed by atoms with E-state index in [1.54, 1.807) is 52.0 Å². The Labute approximate surface area is 241 Å². The van der Waals surface area contributed by atoms with Crippen LogP contribution in [0.25, 0.3) is 22.4 Å².